The largest absolute Gasteiger partial charge is 0.271 e. The van der Waals surface area contributed by atoms with Crippen LogP contribution in [0, 0.1) is 6.92 Å². The zero-order valence-electron chi connectivity index (χ0n) is 6.56. The molecule has 0 fully saturated rings. The molecule has 5 heteroatoms. The summed E-state index contributed by atoms with van der Waals surface area (Å²) in [4.78, 5) is 2.91. The van der Waals surface area contributed by atoms with E-state index in [2.05, 4.69) is 4.83 Å². The highest BCUT2D eigenvalue weighted by atomic mass is 32.2. The van der Waals surface area contributed by atoms with Crippen LogP contribution in [-0.4, -0.2) is 8.42 Å². The molecule has 0 aromatic heterocycles. The van der Waals surface area contributed by atoms with Gasteiger partial charge in [-0.1, -0.05) is 17.7 Å². The molecule has 1 rings (SSSR count). The van der Waals surface area contributed by atoms with Crippen molar-refractivity contribution in [2.75, 3.05) is 0 Å². The van der Waals surface area contributed by atoms with Crippen molar-refractivity contribution in [3.05, 3.63) is 29.8 Å². The van der Waals surface area contributed by atoms with Crippen LogP contribution in [0.4, 0.5) is 0 Å². The summed E-state index contributed by atoms with van der Waals surface area (Å²) in [5, 5.41) is 0. The summed E-state index contributed by atoms with van der Waals surface area (Å²) < 4.78 is 22.0. The van der Waals surface area contributed by atoms with Gasteiger partial charge in [-0.05, 0) is 23.9 Å². The summed E-state index contributed by atoms with van der Waals surface area (Å²) in [7, 11) is -3.61. The van der Waals surface area contributed by atoms with Gasteiger partial charge < -0.3 is 0 Å². The smallest absolute Gasteiger partial charge is 0.238 e. The van der Waals surface area contributed by atoms with Crippen LogP contribution in [0.5, 0.6) is 0 Å². The molecule has 0 aliphatic carbocycles. The number of sulfonamides is 1. The molecule has 0 saturated carbocycles. The third-order valence-electron chi connectivity index (χ3n) is 1.46. The summed E-state index contributed by atoms with van der Waals surface area (Å²) in [6, 6.07) is 6.33. The van der Waals surface area contributed by atoms with Crippen LogP contribution >= 0.6 is 0 Å². The first-order valence-corrected chi connectivity index (χ1v) is 4.74. The summed E-state index contributed by atoms with van der Waals surface area (Å²) in [5.41, 5.74) is 0.992. The second-order valence-corrected chi connectivity index (χ2v) is 4.03. The number of rotatable bonds is 2. The van der Waals surface area contributed by atoms with Gasteiger partial charge in [-0.25, -0.2) is 14.3 Å². The summed E-state index contributed by atoms with van der Waals surface area (Å²) >= 11 is 0. The molecule has 12 heavy (non-hydrogen) atoms. The molecule has 0 amide bonds. The van der Waals surface area contributed by atoms with Crippen LogP contribution in [-0.2, 0) is 10.0 Å². The van der Waals surface area contributed by atoms with Crippen molar-refractivity contribution in [1.82, 2.24) is 4.83 Å². The van der Waals surface area contributed by atoms with Crippen LogP contribution in [0.1, 0.15) is 5.56 Å². The lowest BCUT2D eigenvalue weighted by Crippen LogP contribution is -2.22. The van der Waals surface area contributed by atoms with Gasteiger partial charge in [0, 0.05) is 0 Å². The van der Waals surface area contributed by atoms with Crippen molar-refractivity contribution in [2.45, 2.75) is 11.8 Å². The van der Waals surface area contributed by atoms with Crippen molar-refractivity contribution in [2.24, 2.45) is 5.84 Å². The zero-order valence-corrected chi connectivity index (χ0v) is 7.38. The Morgan fingerprint density at radius 1 is 1.25 bits per heavy atom. The molecule has 2 N–H and O–H groups in total. The Morgan fingerprint density at radius 3 is 2.17 bits per heavy atom. The van der Waals surface area contributed by atoms with E-state index >= 15 is 0 Å². The van der Waals surface area contributed by atoms with Gasteiger partial charge in [-0.2, -0.15) is 0 Å². The molecule has 0 heterocycles. The average molecular weight is 185 g/mol. The van der Waals surface area contributed by atoms with Gasteiger partial charge >= 0.3 is 0 Å². The van der Waals surface area contributed by atoms with Crippen LogP contribution in [0.25, 0.3) is 0 Å². The number of nitrogens with two attached hydrogens (primary N) is 1. The molecular weight excluding hydrogens is 176 g/mol. The van der Waals surface area contributed by atoms with E-state index in [1.165, 1.54) is 12.1 Å². The quantitative estimate of drug-likeness (QED) is 0.527. The minimum absolute atomic E-state index is 0.121. The monoisotopic (exact) mass is 185 g/mol. The molecule has 0 bridgehead atoms. The molecule has 1 aromatic carbocycles. The lowest BCUT2D eigenvalue weighted by Gasteiger charge is -1.99. The van der Waals surface area contributed by atoms with E-state index in [0.717, 1.165) is 5.56 Å². The number of hydrogen-bond acceptors (Lipinski definition) is 3. The van der Waals surface area contributed by atoms with E-state index in [-0.39, 0.29) is 4.90 Å². The molecule has 4 nitrogen and oxygen atoms in total. The third-order valence-corrected chi connectivity index (χ3v) is 2.60. The maximum Gasteiger partial charge on any atom is 0.271 e. The SMILES string of the molecule is Cc1ccc(S(=O)(=O)[N]N)cc1. The Labute approximate surface area is 71.4 Å². The fourth-order valence-electron chi connectivity index (χ4n) is 0.771. The van der Waals surface area contributed by atoms with Crippen molar-refractivity contribution >= 4 is 10.0 Å². The number of aryl methyl sites for hydroxylation is 1. The molecule has 0 unspecified atom stereocenters. The lowest BCUT2D eigenvalue weighted by molar-refractivity contribution is 0.583. The second-order valence-electron chi connectivity index (χ2n) is 2.39. The third kappa shape index (κ3) is 1.82. The maximum atomic E-state index is 11.0. The van der Waals surface area contributed by atoms with Gasteiger partial charge in [-0.15, -0.1) is 0 Å². The van der Waals surface area contributed by atoms with E-state index in [4.69, 9.17) is 5.84 Å². The first kappa shape index (κ1) is 9.18. The molecule has 0 atom stereocenters. The molecular formula is C7H9N2O2S. The highest BCUT2D eigenvalue weighted by molar-refractivity contribution is 7.89. The summed E-state index contributed by atoms with van der Waals surface area (Å²) in [5.74, 6) is 4.71. The molecule has 0 aliphatic rings. The van der Waals surface area contributed by atoms with Gasteiger partial charge in [0.1, 0.15) is 0 Å². The van der Waals surface area contributed by atoms with E-state index in [9.17, 15) is 8.42 Å². The van der Waals surface area contributed by atoms with Crippen molar-refractivity contribution < 1.29 is 8.42 Å². The van der Waals surface area contributed by atoms with Gasteiger partial charge in [0.25, 0.3) is 10.0 Å². The van der Waals surface area contributed by atoms with E-state index in [1.54, 1.807) is 12.1 Å². The first-order valence-electron chi connectivity index (χ1n) is 3.30. The molecule has 1 radical (unpaired) electrons. The van der Waals surface area contributed by atoms with Crippen LogP contribution in [0.3, 0.4) is 0 Å². The normalized spacial score (nSPS) is 11.5. The standard InChI is InChI=1S/C7H9N2O2S/c1-6-2-4-7(5-3-6)12(10,11)9-8/h2-5H,8H2,1H3. The van der Waals surface area contributed by atoms with Gasteiger partial charge in [0.2, 0.25) is 0 Å². The lowest BCUT2D eigenvalue weighted by atomic mass is 10.2. The number of hydrogen-bond donors (Lipinski definition) is 1. The van der Waals surface area contributed by atoms with Gasteiger partial charge in [0.15, 0.2) is 0 Å². The molecule has 65 valence electrons. The zero-order chi connectivity index (χ0) is 9.19. The highest BCUT2D eigenvalue weighted by Crippen LogP contribution is 2.08. The second kappa shape index (κ2) is 3.22. The van der Waals surface area contributed by atoms with Crippen molar-refractivity contribution in [3.8, 4) is 0 Å². The van der Waals surface area contributed by atoms with E-state index in [1.807, 2.05) is 6.92 Å². The van der Waals surface area contributed by atoms with Crippen LogP contribution in [0.2, 0.25) is 0 Å². The number of nitrogens with zero attached hydrogens (tertiary/aromatic N) is 1. The number of benzene rings is 1. The molecule has 0 aliphatic heterocycles. The fraction of sp³-hybridized carbons (Fsp3) is 0.143. The first-order chi connectivity index (χ1) is 5.56. The Balaban J connectivity index is 3.14. The van der Waals surface area contributed by atoms with Gasteiger partial charge in [0.05, 0.1) is 4.90 Å². The van der Waals surface area contributed by atoms with E-state index < -0.39 is 10.0 Å². The molecule has 1 aromatic rings. The maximum absolute atomic E-state index is 11.0. The minimum Gasteiger partial charge on any atom is -0.238 e. The summed E-state index contributed by atoms with van der Waals surface area (Å²) in [6.07, 6.45) is 0. The van der Waals surface area contributed by atoms with Gasteiger partial charge in [-0.3, -0.25) is 0 Å². The Bertz CT molecular complexity index is 355. The van der Waals surface area contributed by atoms with E-state index in [0.29, 0.717) is 0 Å². The highest BCUT2D eigenvalue weighted by Gasteiger charge is 2.11. The Hall–Kier alpha value is -0.910. The Kier molecular flexibility index (Phi) is 2.46. The van der Waals surface area contributed by atoms with Crippen molar-refractivity contribution in [1.29, 1.82) is 0 Å². The van der Waals surface area contributed by atoms with Crippen LogP contribution < -0.4 is 10.7 Å². The average Bonchev–Trinajstić information content (AvgIpc) is 2.05. The predicted octanol–water partition coefficient (Wildman–Crippen LogP) is 0.162. The fourth-order valence-corrected chi connectivity index (χ4v) is 1.37. The summed E-state index contributed by atoms with van der Waals surface area (Å²) in [6.45, 7) is 1.87. The van der Waals surface area contributed by atoms with Crippen molar-refractivity contribution in [3.63, 3.8) is 0 Å². The molecule has 0 saturated heterocycles. The topological polar surface area (TPSA) is 74.3 Å². The predicted molar refractivity (Wildman–Crippen MR) is 44.7 cm³/mol. The van der Waals surface area contributed by atoms with Crippen LogP contribution in [0.15, 0.2) is 29.2 Å². The minimum atomic E-state index is -3.61. The Morgan fingerprint density at radius 2 is 1.75 bits per heavy atom. The molecule has 0 spiro atoms.